The van der Waals surface area contributed by atoms with Gasteiger partial charge in [-0.2, -0.15) is 0 Å². The van der Waals surface area contributed by atoms with Gasteiger partial charge in [-0.1, -0.05) is 54.1 Å². The summed E-state index contributed by atoms with van der Waals surface area (Å²) in [7, 11) is 2.05. The summed E-state index contributed by atoms with van der Waals surface area (Å²) in [6.07, 6.45) is 0.904. The van der Waals surface area contributed by atoms with E-state index in [0.29, 0.717) is 0 Å². The molecule has 0 spiro atoms. The van der Waals surface area contributed by atoms with Crippen LogP contribution in [0.2, 0.25) is 5.02 Å². The fraction of sp³-hybridized carbons (Fsp3) is 0.278. The first-order valence-electron chi connectivity index (χ1n) is 7.54. The van der Waals surface area contributed by atoms with E-state index in [2.05, 4.69) is 53.9 Å². The third-order valence-electron chi connectivity index (χ3n) is 3.91. The van der Waals surface area contributed by atoms with Crippen LogP contribution >= 0.6 is 11.6 Å². The van der Waals surface area contributed by atoms with Crippen LogP contribution in [0.1, 0.15) is 17.0 Å². The van der Waals surface area contributed by atoms with Crippen LogP contribution in [0.4, 0.5) is 0 Å². The molecule has 2 aromatic carbocycles. The molecule has 1 unspecified atom stereocenters. The quantitative estimate of drug-likeness (QED) is 0.935. The molecule has 3 nitrogen and oxygen atoms in total. The summed E-state index contributed by atoms with van der Waals surface area (Å²) >= 11 is 5.99. The molecule has 0 saturated carbocycles. The minimum absolute atomic E-state index is 0.227. The zero-order valence-corrected chi connectivity index (χ0v) is 13.4. The van der Waals surface area contributed by atoms with Crippen LogP contribution in [-0.4, -0.2) is 31.0 Å². The van der Waals surface area contributed by atoms with Gasteiger partial charge in [0.25, 0.3) is 0 Å². The number of hydrogen-bond acceptors (Lipinski definition) is 3. The van der Waals surface area contributed by atoms with Crippen molar-refractivity contribution in [3.05, 3.63) is 70.7 Å². The van der Waals surface area contributed by atoms with E-state index in [0.717, 1.165) is 30.4 Å². The molecule has 0 aliphatic carbocycles. The van der Waals surface area contributed by atoms with Crippen molar-refractivity contribution in [2.45, 2.75) is 12.3 Å². The van der Waals surface area contributed by atoms with Gasteiger partial charge in [-0.25, -0.2) is 5.01 Å². The Morgan fingerprint density at radius 1 is 1.14 bits per heavy atom. The molecule has 0 fully saturated rings. The van der Waals surface area contributed by atoms with E-state index >= 15 is 0 Å². The monoisotopic (exact) mass is 313 g/mol. The number of amidine groups is 1. The third kappa shape index (κ3) is 3.67. The highest BCUT2D eigenvalue weighted by Crippen LogP contribution is 2.24. The van der Waals surface area contributed by atoms with Gasteiger partial charge in [-0.15, -0.1) is 0 Å². The Morgan fingerprint density at radius 3 is 2.55 bits per heavy atom. The molecule has 0 aromatic heterocycles. The first-order valence-corrected chi connectivity index (χ1v) is 7.92. The lowest BCUT2D eigenvalue weighted by atomic mass is 9.90. The molecule has 114 valence electrons. The van der Waals surface area contributed by atoms with E-state index in [1.54, 1.807) is 0 Å². The zero-order chi connectivity index (χ0) is 15.4. The SMILES string of the molecule is CN1CCN=C(C(Cc2ccc(Cl)cc2)c2ccccc2)N1. The van der Waals surface area contributed by atoms with Crippen molar-refractivity contribution in [3.63, 3.8) is 0 Å². The molecule has 1 heterocycles. The number of nitrogens with zero attached hydrogens (tertiary/aromatic N) is 2. The Morgan fingerprint density at radius 2 is 1.86 bits per heavy atom. The Hall–Kier alpha value is -1.84. The smallest absolute Gasteiger partial charge is 0.119 e. The highest BCUT2D eigenvalue weighted by Gasteiger charge is 2.22. The molecule has 1 aliphatic heterocycles. The van der Waals surface area contributed by atoms with Crippen molar-refractivity contribution >= 4 is 17.4 Å². The van der Waals surface area contributed by atoms with Gasteiger partial charge in [0.05, 0.1) is 6.54 Å². The van der Waals surface area contributed by atoms with Crippen LogP contribution in [0.3, 0.4) is 0 Å². The van der Waals surface area contributed by atoms with Crippen molar-refractivity contribution < 1.29 is 0 Å². The molecule has 4 heteroatoms. The highest BCUT2D eigenvalue weighted by molar-refractivity contribution is 6.30. The first-order chi connectivity index (χ1) is 10.7. The number of hydrogen-bond donors (Lipinski definition) is 1. The normalized spacial score (nSPS) is 16.7. The minimum Gasteiger partial charge on any atom is -0.307 e. The predicted molar refractivity (Wildman–Crippen MR) is 92.4 cm³/mol. The molecular weight excluding hydrogens is 294 g/mol. The second-order valence-corrected chi connectivity index (χ2v) is 6.03. The topological polar surface area (TPSA) is 27.6 Å². The molecule has 22 heavy (non-hydrogen) atoms. The van der Waals surface area contributed by atoms with Crippen molar-refractivity contribution in [1.29, 1.82) is 0 Å². The molecule has 1 N–H and O–H groups in total. The van der Waals surface area contributed by atoms with Crippen LogP contribution in [0.15, 0.2) is 59.6 Å². The maximum atomic E-state index is 5.99. The van der Waals surface area contributed by atoms with Crippen LogP contribution in [-0.2, 0) is 6.42 Å². The van der Waals surface area contributed by atoms with E-state index in [-0.39, 0.29) is 5.92 Å². The van der Waals surface area contributed by atoms with Gasteiger partial charge in [-0.05, 0) is 29.7 Å². The number of likely N-dealkylation sites (N-methyl/N-ethyl adjacent to an activating group) is 1. The van der Waals surface area contributed by atoms with Crippen LogP contribution in [0.5, 0.6) is 0 Å². The van der Waals surface area contributed by atoms with Crippen molar-refractivity contribution in [1.82, 2.24) is 10.4 Å². The average Bonchev–Trinajstić information content (AvgIpc) is 2.55. The molecule has 0 amide bonds. The first kappa shape index (κ1) is 15.1. The number of benzene rings is 2. The molecule has 0 radical (unpaired) electrons. The number of rotatable bonds is 4. The second-order valence-electron chi connectivity index (χ2n) is 5.59. The summed E-state index contributed by atoms with van der Waals surface area (Å²) in [5.41, 5.74) is 5.94. The number of nitrogens with one attached hydrogen (secondary N) is 1. The maximum Gasteiger partial charge on any atom is 0.119 e. The predicted octanol–water partition coefficient (Wildman–Crippen LogP) is 3.51. The lowest BCUT2D eigenvalue weighted by Gasteiger charge is -2.29. The Kier molecular flexibility index (Phi) is 4.76. The summed E-state index contributed by atoms with van der Waals surface area (Å²) < 4.78 is 0. The summed E-state index contributed by atoms with van der Waals surface area (Å²) in [6.45, 7) is 1.77. The van der Waals surface area contributed by atoms with Crippen molar-refractivity contribution in [3.8, 4) is 0 Å². The van der Waals surface area contributed by atoms with Crippen LogP contribution < -0.4 is 5.43 Å². The molecule has 3 rings (SSSR count). The Labute approximate surface area is 136 Å². The lowest BCUT2D eigenvalue weighted by Crippen LogP contribution is -2.47. The van der Waals surface area contributed by atoms with Gasteiger partial charge < -0.3 is 5.43 Å². The van der Waals surface area contributed by atoms with Gasteiger partial charge >= 0.3 is 0 Å². The van der Waals surface area contributed by atoms with Gasteiger partial charge in [0, 0.05) is 24.5 Å². The van der Waals surface area contributed by atoms with E-state index in [4.69, 9.17) is 16.6 Å². The molecular formula is C18H20ClN3. The number of halogens is 1. The van der Waals surface area contributed by atoms with E-state index in [9.17, 15) is 0 Å². The molecule has 0 bridgehead atoms. The largest absolute Gasteiger partial charge is 0.307 e. The molecule has 2 aromatic rings. The van der Waals surface area contributed by atoms with Crippen molar-refractivity contribution in [2.75, 3.05) is 20.1 Å². The second kappa shape index (κ2) is 6.95. The maximum absolute atomic E-state index is 5.99. The Bertz CT molecular complexity index is 637. The number of aliphatic imine (C=N–C) groups is 1. The van der Waals surface area contributed by atoms with Crippen molar-refractivity contribution in [2.24, 2.45) is 4.99 Å². The number of hydrazine groups is 1. The van der Waals surface area contributed by atoms with E-state index in [1.807, 2.05) is 18.2 Å². The molecule has 1 aliphatic rings. The van der Waals surface area contributed by atoms with Gasteiger partial charge in [0.15, 0.2) is 0 Å². The van der Waals surface area contributed by atoms with Crippen LogP contribution in [0.25, 0.3) is 0 Å². The van der Waals surface area contributed by atoms with Gasteiger partial charge in [0.2, 0.25) is 0 Å². The zero-order valence-electron chi connectivity index (χ0n) is 12.7. The summed E-state index contributed by atoms with van der Waals surface area (Å²) in [5.74, 6) is 1.26. The summed E-state index contributed by atoms with van der Waals surface area (Å²) in [4.78, 5) is 4.71. The fourth-order valence-electron chi connectivity index (χ4n) is 2.71. The van der Waals surface area contributed by atoms with E-state index in [1.165, 1.54) is 11.1 Å². The standard InChI is InChI=1S/C18H20ClN3/c1-22-12-11-20-18(21-22)17(15-5-3-2-4-6-15)13-14-7-9-16(19)10-8-14/h2-10,17H,11-13H2,1H3,(H,20,21). The molecule has 0 saturated heterocycles. The van der Waals surface area contributed by atoms with Gasteiger partial charge in [0.1, 0.15) is 5.84 Å². The third-order valence-corrected chi connectivity index (χ3v) is 4.16. The van der Waals surface area contributed by atoms with E-state index < -0.39 is 0 Å². The van der Waals surface area contributed by atoms with Gasteiger partial charge in [-0.3, -0.25) is 4.99 Å². The van der Waals surface area contributed by atoms with Crippen LogP contribution in [0, 0.1) is 0 Å². The summed E-state index contributed by atoms with van der Waals surface area (Å²) in [5, 5.41) is 2.87. The Balaban J connectivity index is 1.89. The lowest BCUT2D eigenvalue weighted by molar-refractivity contribution is 0.282. The highest BCUT2D eigenvalue weighted by atomic mass is 35.5. The average molecular weight is 314 g/mol. The molecule has 1 atom stereocenters. The summed E-state index contributed by atoms with van der Waals surface area (Å²) in [6, 6.07) is 18.6. The fourth-order valence-corrected chi connectivity index (χ4v) is 2.84. The minimum atomic E-state index is 0.227.